The number of sulfonamides is 1. The van der Waals surface area contributed by atoms with Gasteiger partial charge in [-0.15, -0.1) is 0 Å². The van der Waals surface area contributed by atoms with E-state index in [1.807, 2.05) is 13.0 Å². The van der Waals surface area contributed by atoms with Crippen LogP contribution in [0.4, 0.5) is 5.69 Å². The second-order valence-corrected chi connectivity index (χ2v) is 7.50. The molecule has 0 amide bonds. The smallest absolute Gasteiger partial charge is 0.241 e. The molecule has 0 aromatic heterocycles. The molecular formula is C14H20N2O3S. The van der Waals surface area contributed by atoms with Crippen molar-refractivity contribution in [1.82, 2.24) is 4.72 Å². The van der Waals surface area contributed by atoms with Gasteiger partial charge in [0.05, 0.1) is 17.0 Å². The van der Waals surface area contributed by atoms with Gasteiger partial charge in [-0.25, -0.2) is 13.1 Å². The van der Waals surface area contributed by atoms with Gasteiger partial charge in [0.25, 0.3) is 0 Å². The summed E-state index contributed by atoms with van der Waals surface area (Å²) in [6.45, 7) is 3.81. The van der Waals surface area contributed by atoms with Crippen molar-refractivity contribution in [2.45, 2.75) is 36.6 Å². The monoisotopic (exact) mass is 296 g/mol. The molecule has 0 bridgehead atoms. The minimum Gasteiger partial charge on any atom is -0.385 e. The number of benzene rings is 1. The number of ether oxygens (including phenoxy) is 1. The first kappa shape index (κ1) is 13.9. The third-order valence-corrected chi connectivity index (χ3v) is 5.57. The second-order valence-electron chi connectivity index (χ2n) is 5.82. The zero-order valence-corrected chi connectivity index (χ0v) is 12.4. The maximum absolute atomic E-state index is 12.5. The lowest BCUT2D eigenvalue weighted by Gasteiger charge is -2.24. The molecule has 1 saturated heterocycles. The van der Waals surface area contributed by atoms with Crippen LogP contribution >= 0.6 is 0 Å². The molecule has 1 aromatic carbocycles. The molecule has 0 saturated carbocycles. The van der Waals surface area contributed by atoms with Gasteiger partial charge in [0.2, 0.25) is 10.0 Å². The molecule has 2 N–H and O–H groups in total. The van der Waals surface area contributed by atoms with Crippen LogP contribution < -0.4 is 10.0 Å². The summed E-state index contributed by atoms with van der Waals surface area (Å²) >= 11 is 0. The second kappa shape index (κ2) is 5.02. The summed E-state index contributed by atoms with van der Waals surface area (Å²) in [6.07, 6.45) is 2.80. The Balaban J connectivity index is 1.87. The van der Waals surface area contributed by atoms with Gasteiger partial charge >= 0.3 is 0 Å². The Morgan fingerprint density at radius 3 is 3.00 bits per heavy atom. The maximum Gasteiger partial charge on any atom is 0.241 e. The summed E-state index contributed by atoms with van der Waals surface area (Å²) in [5, 5.41) is 3.26. The molecule has 20 heavy (non-hydrogen) atoms. The molecule has 2 heterocycles. The van der Waals surface area contributed by atoms with E-state index >= 15 is 0 Å². The third kappa shape index (κ3) is 2.68. The SMILES string of the molecule is CC1(NS(=O)(=O)c2ccc3c(c2)NCCC3)CCOC1. The van der Waals surface area contributed by atoms with E-state index < -0.39 is 15.6 Å². The highest BCUT2D eigenvalue weighted by atomic mass is 32.2. The van der Waals surface area contributed by atoms with E-state index in [2.05, 4.69) is 10.0 Å². The summed E-state index contributed by atoms with van der Waals surface area (Å²) < 4.78 is 33.0. The lowest BCUT2D eigenvalue weighted by atomic mass is 10.0. The maximum atomic E-state index is 12.5. The molecule has 3 rings (SSSR count). The van der Waals surface area contributed by atoms with Gasteiger partial charge in [-0.05, 0) is 43.9 Å². The van der Waals surface area contributed by atoms with Crippen molar-refractivity contribution >= 4 is 15.7 Å². The van der Waals surface area contributed by atoms with E-state index in [1.165, 1.54) is 5.56 Å². The lowest BCUT2D eigenvalue weighted by Crippen LogP contribution is -2.46. The number of hydrogen-bond acceptors (Lipinski definition) is 4. The summed E-state index contributed by atoms with van der Waals surface area (Å²) in [6, 6.07) is 5.33. The number of hydrogen-bond donors (Lipinski definition) is 2. The topological polar surface area (TPSA) is 67.4 Å². The molecular weight excluding hydrogens is 276 g/mol. The van der Waals surface area contributed by atoms with Gasteiger partial charge in [-0.1, -0.05) is 6.07 Å². The first-order valence-corrected chi connectivity index (χ1v) is 8.45. The van der Waals surface area contributed by atoms with Crippen molar-refractivity contribution in [3.05, 3.63) is 23.8 Å². The van der Waals surface area contributed by atoms with Gasteiger partial charge < -0.3 is 10.1 Å². The first-order chi connectivity index (χ1) is 9.49. The van der Waals surface area contributed by atoms with Gasteiger partial charge in [-0.2, -0.15) is 0 Å². The summed E-state index contributed by atoms with van der Waals surface area (Å²) in [4.78, 5) is 0.318. The van der Waals surface area contributed by atoms with E-state index in [-0.39, 0.29) is 0 Å². The van der Waals surface area contributed by atoms with Crippen LogP contribution in [0.1, 0.15) is 25.3 Å². The molecule has 5 nitrogen and oxygen atoms in total. The molecule has 1 fully saturated rings. The van der Waals surface area contributed by atoms with Gasteiger partial charge in [-0.3, -0.25) is 0 Å². The standard InChI is InChI=1S/C14H20N2O3S/c1-14(6-8-19-10-14)16-20(17,18)12-5-4-11-3-2-7-15-13(11)9-12/h4-5,9,15-16H,2-3,6-8,10H2,1H3. The summed E-state index contributed by atoms with van der Waals surface area (Å²) in [5.74, 6) is 0. The number of fused-ring (bicyclic) bond motifs is 1. The van der Waals surface area contributed by atoms with E-state index in [4.69, 9.17) is 4.74 Å². The van der Waals surface area contributed by atoms with Crippen LogP contribution in [-0.2, 0) is 21.2 Å². The Morgan fingerprint density at radius 1 is 1.40 bits per heavy atom. The summed E-state index contributed by atoms with van der Waals surface area (Å²) in [5.41, 5.74) is 1.62. The van der Waals surface area contributed by atoms with Gasteiger partial charge in [0, 0.05) is 18.8 Å². The highest BCUT2D eigenvalue weighted by molar-refractivity contribution is 7.89. The van der Waals surface area contributed by atoms with Crippen LogP contribution in [-0.4, -0.2) is 33.7 Å². The molecule has 6 heteroatoms. The minimum absolute atomic E-state index is 0.318. The average molecular weight is 296 g/mol. The fourth-order valence-electron chi connectivity index (χ4n) is 2.74. The largest absolute Gasteiger partial charge is 0.385 e. The molecule has 1 atom stereocenters. The molecule has 2 aliphatic rings. The predicted octanol–water partition coefficient (Wildman–Crippen LogP) is 1.50. The Hall–Kier alpha value is -1.11. The average Bonchev–Trinajstić information content (AvgIpc) is 2.83. The van der Waals surface area contributed by atoms with Crippen LogP contribution in [0.25, 0.3) is 0 Å². The minimum atomic E-state index is -3.51. The zero-order chi connectivity index (χ0) is 14.2. The molecule has 2 aliphatic heterocycles. The van der Waals surface area contributed by atoms with E-state index in [1.54, 1.807) is 12.1 Å². The molecule has 0 radical (unpaired) electrons. The van der Waals surface area contributed by atoms with Crippen molar-refractivity contribution < 1.29 is 13.2 Å². The van der Waals surface area contributed by atoms with Crippen LogP contribution in [0, 0.1) is 0 Å². The number of nitrogens with one attached hydrogen (secondary N) is 2. The van der Waals surface area contributed by atoms with E-state index in [0.29, 0.717) is 24.5 Å². The quantitative estimate of drug-likeness (QED) is 0.887. The zero-order valence-electron chi connectivity index (χ0n) is 11.6. The molecule has 110 valence electrons. The van der Waals surface area contributed by atoms with Crippen molar-refractivity contribution in [3.8, 4) is 0 Å². The van der Waals surface area contributed by atoms with Crippen molar-refractivity contribution in [2.24, 2.45) is 0 Å². The van der Waals surface area contributed by atoms with Crippen molar-refractivity contribution in [1.29, 1.82) is 0 Å². The highest BCUT2D eigenvalue weighted by Crippen LogP contribution is 2.27. The predicted molar refractivity (Wildman–Crippen MR) is 77.4 cm³/mol. The normalized spacial score (nSPS) is 26.1. The Labute approximate surface area is 119 Å². The fourth-order valence-corrected chi connectivity index (χ4v) is 4.19. The molecule has 1 aromatic rings. The van der Waals surface area contributed by atoms with Crippen molar-refractivity contribution in [2.75, 3.05) is 25.1 Å². The highest BCUT2D eigenvalue weighted by Gasteiger charge is 2.34. The van der Waals surface area contributed by atoms with Gasteiger partial charge in [0.15, 0.2) is 0 Å². The van der Waals surface area contributed by atoms with Crippen molar-refractivity contribution in [3.63, 3.8) is 0 Å². The molecule has 0 aliphatic carbocycles. The Kier molecular flexibility index (Phi) is 3.48. The Bertz CT molecular complexity index is 607. The fraction of sp³-hybridized carbons (Fsp3) is 0.571. The number of rotatable bonds is 3. The number of aryl methyl sites for hydroxylation is 1. The lowest BCUT2D eigenvalue weighted by molar-refractivity contribution is 0.178. The van der Waals surface area contributed by atoms with Crippen LogP contribution in [0.3, 0.4) is 0 Å². The van der Waals surface area contributed by atoms with E-state index in [9.17, 15) is 8.42 Å². The molecule has 0 spiro atoms. The van der Waals surface area contributed by atoms with E-state index in [0.717, 1.165) is 25.1 Å². The summed E-state index contributed by atoms with van der Waals surface area (Å²) in [7, 11) is -3.51. The van der Waals surface area contributed by atoms with Crippen LogP contribution in [0.5, 0.6) is 0 Å². The van der Waals surface area contributed by atoms with Crippen LogP contribution in [0.15, 0.2) is 23.1 Å². The first-order valence-electron chi connectivity index (χ1n) is 6.97. The molecule has 1 unspecified atom stereocenters. The van der Waals surface area contributed by atoms with Gasteiger partial charge in [0.1, 0.15) is 0 Å². The number of anilines is 1. The Morgan fingerprint density at radius 2 is 2.25 bits per heavy atom. The third-order valence-electron chi connectivity index (χ3n) is 3.93. The van der Waals surface area contributed by atoms with Crippen LogP contribution in [0.2, 0.25) is 0 Å².